The molecular weight excluding hydrogens is 413 g/mol. The minimum Gasteiger partial charge on any atom is -0.428 e. The third-order valence-corrected chi connectivity index (χ3v) is 3.45. The van der Waals surface area contributed by atoms with Gasteiger partial charge in [-0.05, 0) is 28.7 Å². The summed E-state index contributed by atoms with van der Waals surface area (Å²) < 4.78 is 5.76. The molecule has 0 saturated carbocycles. The molecule has 0 bridgehead atoms. The third kappa shape index (κ3) is 3.11. The highest BCUT2D eigenvalue weighted by Gasteiger charge is 2.23. The van der Waals surface area contributed by atoms with Crippen molar-refractivity contribution in [3.05, 3.63) is 42.9 Å². The summed E-state index contributed by atoms with van der Waals surface area (Å²) in [4.78, 5) is 17.9. The van der Waals surface area contributed by atoms with Gasteiger partial charge in [-0.25, -0.2) is 4.98 Å². The van der Waals surface area contributed by atoms with Crippen molar-refractivity contribution in [3.63, 3.8) is 0 Å². The fraction of sp³-hybridized carbons (Fsp3) is 0. The lowest BCUT2D eigenvalue weighted by Crippen LogP contribution is -2.01. The molecule has 2 N–H and O–H groups in total. The average molecular weight is 418 g/mol. The Labute approximate surface area is 136 Å². The van der Waals surface area contributed by atoms with Gasteiger partial charge in [-0.1, -0.05) is 11.6 Å². The third-order valence-electron chi connectivity index (χ3n) is 2.35. The summed E-state index contributed by atoms with van der Waals surface area (Å²) in [5, 5.41) is 19.9. The second-order valence-corrected chi connectivity index (χ2v) is 5.18. The van der Waals surface area contributed by atoms with Gasteiger partial charge in [0.1, 0.15) is 12.0 Å². The van der Waals surface area contributed by atoms with E-state index in [4.69, 9.17) is 27.3 Å². The molecule has 2 rings (SSSR count). The molecule has 8 nitrogen and oxygen atoms in total. The number of ether oxygens (including phenoxy) is 1. The van der Waals surface area contributed by atoms with E-state index in [9.17, 15) is 10.1 Å². The highest BCUT2D eigenvalue weighted by Crippen LogP contribution is 2.38. The Hall–Kier alpha value is -2.19. The van der Waals surface area contributed by atoms with Crippen molar-refractivity contribution in [1.29, 1.82) is 5.26 Å². The number of hydrogen-bond donors (Lipinski definition) is 1. The van der Waals surface area contributed by atoms with E-state index < -0.39 is 4.92 Å². The molecule has 0 aliphatic heterocycles. The van der Waals surface area contributed by atoms with E-state index in [2.05, 4.69) is 9.97 Å². The molecule has 0 saturated heterocycles. The van der Waals surface area contributed by atoms with Crippen LogP contribution in [0, 0.1) is 25.0 Å². The van der Waals surface area contributed by atoms with E-state index in [1.807, 2.05) is 28.7 Å². The molecule has 106 valence electrons. The van der Waals surface area contributed by atoms with Crippen molar-refractivity contribution in [1.82, 2.24) is 9.97 Å². The topological polar surface area (TPSA) is 128 Å². The first-order valence-corrected chi connectivity index (χ1v) is 6.71. The van der Waals surface area contributed by atoms with Gasteiger partial charge in [0.15, 0.2) is 5.15 Å². The zero-order valence-corrected chi connectivity index (χ0v) is 13.0. The molecule has 1 aromatic heterocycles. The van der Waals surface area contributed by atoms with Crippen LogP contribution in [0.3, 0.4) is 0 Å². The molecule has 0 amide bonds. The van der Waals surface area contributed by atoms with Gasteiger partial charge < -0.3 is 10.5 Å². The van der Waals surface area contributed by atoms with Gasteiger partial charge in [0.25, 0.3) is 0 Å². The number of nitriles is 1. The lowest BCUT2D eigenvalue weighted by molar-refractivity contribution is -0.385. The van der Waals surface area contributed by atoms with Crippen LogP contribution in [-0.2, 0) is 0 Å². The van der Waals surface area contributed by atoms with Gasteiger partial charge >= 0.3 is 5.69 Å². The van der Waals surface area contributed by atoms with Gasteiger partial charge in [-0.2, -0.15) is 10.2 Å². The Morgan fingerprint density at radius 3 is 2.81 bits per heavy atom. The van der Waals surface area contributed by atoms with Crippen LogP contribution < -0.4 is 10.5 Å². The van der Waals surface area contributed by atoms with E-state index in [0.717, 1.165) is 12.4 Å². The minimum atomic E-state index is -0.655. The van der Waals surface area contributed by atoms with Crippen LogP contribution in [0.2, 0.25) is 5.15 Å². The second-order valence-electron chi connectivity index (χ2n) is 3.66. The Balaban J connectivity index is 2.56. The predicted molar refractivity (Wildman–Crippen MR) is 82.1 cm³/mol. The molecule has 10 heteroatoms. The minimum absolute atomic E-state index is 0.0219. The average Bonchev–Trinajstić information content (AvgIpc) is 2.45. The summed E-state index contributed by atoms with van der Waals surface area (Å²) in [7, 11) is 0. The molecule has 1 heterocycles. The SMILES string of the molecule is N#Cc1cc(I)c(Oc2ncnc(Cl)c2N)c([N+](=O)[O-])c1. The van der Waals surface area contributed by atoms with Gasteiger partial charge in [0.05, 0.1) is 20.1 Å². The van der Waals surface area contributed by atoms with Crippen LogP contribution in [0.15, 0.2) is 18.5 Å². The number of nitro benzene ring substituents is 1. The monoisotopic (exact) mass is 417 g/mol. The molecule has 0 atom stereocenters. The number of hydrogen-bond acceptors (Lipinski definition) is 7. The molecule has 0 unspecified atom stereocenters. The first-order chi connectivity index (χ1) is 9.93. The number of rotatable bonds is 3. The van der Waals surface area contributed by atoms with E-state index in [-0.39, 0.29) is 33.7 Å². The largest absolute Gasteiger partial charge is 0.428 e. The van der Waals surface area contributed by atoms with E-state index in [0.29, 0.717) is 3.57 Å². The van der Waals surface area contributed by atoms with Gasteiger partial charge in [0, 0.05) is 6.07 Å². The Bertz CT molecular complexity index is 777. The molecule has 0 aliphatic rings. The summed E-state index contributed by atoms with van der Waals surface area (Å²) >= 11 is 7.55. The Morgan fingerprint density at radius 1 is 1.48 bits per heavy atom. The van der Waals surface area contributed by atoms with Crippen LogP contribution in [0.4, 0.5) is 11.4 Å². The van der Waals surface area contributed by atoms with E-state index in [1.54, 1.807) is 0 Å². The van der Waals surface area contributed by atoms with Crippen LogP contribution in [-0.4, -0.2) is 14.9 Å². The summed E-state index contributed by atoms with van der Waals surface area (Å²) in [6.07, 6.45) is 1.12. The predicted octanol–water partition coefficient (Wildman–Crippen LogP) is 2.89. The summed E-state index contributed by atoms with van der Waals surface area (Å²) in [5.41, 5.74) is 5.40. The zero-order chi connectivity index (χ0) is 15.6. The molecule has 0 spiro atoms. The summed E-state index contributed by atoms with van der Waals surface area (Å²) in [6.45, 7) is 0. The normalized spacial score (nSPS) is 9.95. The number of nitrogens with two attached hydrogens (primary N) is 1. The number of halogens is 2. The number of aromatic nitrogens is 2. The Kier molecular flexibility index (Phi) is 4.39. The van der Waals surface area contributed by atoms with Gasteiger partial charge in [-0.3, -0.25) is 10.1 Å². The first-order valence-electron chi connectivity index (χ1n) is 5.26. The van der Waals surface area contributed by atoms with E-state index in [1.165, 1.54) is 6.07 Å². The van der Waals surface area contributed by atoms with Crippen LogP contribution in [0.1, 0.15) is 5.56 Å². The fourth-order valence-electron chi connectivity index (χ4n) is 1.42. The lowest BCUT2D eigenvalue weighted by Gasteiger charge is -2.09. The number of nitrogen functional groups attached to an aromatic ring is 1. The smallest absolute Gasteiger partial charge is 0.314 e. The molecule has 21 heavy (non-hydrogen) atoms. The molecule has 0 aliphatic carbocycles. The highest BCUT2D eigenvalue weighted by molar-refractivity contribution is 14.1. The number of anilines is 1. The number of benzene rings is 1. The first kappa shape index (κ1) is 15.2. The van der Waals surface area contributed by atoms with Crippen molar-refractivity contribution in [2.45, 2.75) is 0 Å². The summed E-state index contributed by atoms with van der Waals surface area (Å²) in [6, 6.07) is 4.39. The van der Waals surface area contributed by atoms with Crippen LogP contribution in [0.5, 0.6) is 11.6 Å². The number of nitrogens with zero attached hydrogens (tertiary/aromatic N) is 4. The quantitative estimate of drug-likeness (QED) is 0.352. The highest BCUT2D eigenvalue weighted by atomic mass is 127. The van der Waals surface area contributed by atoms with Crippen molar-refractivity contribution in [3.8, 4) is 17.7 Å². The fourth-order valence-corrected chi connectivity index (χ4v) is 2.26. The van der Waals surface area contributed by atoms with Crippen LogP contribution in [0.25, 0.3) is 0 Å². The van der Waals surface area contributed by atoms with Gasteiger partial charge in [0.2, 0.25) is 11.6 Å². The van der Waals surface area contributed by atoms with Crippen molar-refractivity contribution in [2.75, 3.05) is 5.73 Å². The zero-order valence-electron chi connectivity index (χ0n) is 10.1. The Morgan fingerprint density at radius 2 is 2.19 bits per heavy atom. The van der Waals surface area contributed by atoms with E-state index >= 15 is 0 Å². The maximum absolute atomic E-state index is 11.1. The van der Waals surface area contributed by atoms with Gasteiger partial charge in [-0.15, -0.1) is 0 Å². The lowest BCUT2D eigenvalue weighted by atomic mass is 10.2. The molecular formula is C11H5ClIN5O3. The molecule has 2 aromatic rings. The second kappa shape index (κ2) is 6.06. The van der Waals surface area contributed by atoms with Crippen molar-refractivity contribution < 1.29 is 9.66 Å². The maximum Gasteiger partial charge on any atom is 0.314 e. The number of nitro groups is 1. The molecule has 1 aromatic carbocycles. The van der Waals surface area contributed by atoms with Crippen molar-refractivity contribution >= 4 is 45.6 Å². The molecule has 0 fully saturated rings. The van der Waals surface area contributed by atoms with Crippen molar-refractivity contribution in [2.24, 2.45) is 0 Å². The van der Waals surface area contributed by atoms with Crippen LogP contribution >= 0.6 is 34.2 Å². The standard InChI is InChI=1S/C11H5ClIN5O3/c12-10-8(15)11(17-4-16-10)21-9-6(13)1-5(3-14)2-7(9)18(19)20/h1-2,4H,15H2. The maximum atomic E-state index is 11.1. The molecule has 0 radical (unpaired) electrons. The summed E-state index contributed by atoms with van der Waals surface area (Å²) in [5.74, 6) is -0.165.